The van der Waals surface area contributed by atoms with Crippen molar-refractivity contribution in [3.05, 3.63) is 18.2 Å². The van der Waals surface area contributed by atoms with Gasteiger partial charge in [-0.15, -0.1) is 0 Å². The third kappa shape index (κ3) is 2.10. The van der Waals surface area contributed by atoms with Gasteiger partial charge in [0.15, 0.2) is 0 Å². The van der Waals surface area contributed by atoms with Gasteiger partial charge in [-0.25, -0.2) is 4.98 Å². The smallest absolute Gasteiger partial charge is 0.0951 e. The summed E-state index contributed by atoms with van der Waals surface area (Å²) in [6.07, 6.45) is 7.52. The van der Waals surface area contributed by atoms with E-state index in [1.54, 1.807) is 6.20 Å². The fourth-order valence-electron chi connectivity index (χ4n) is 2.77. The summed E-state index contributed by atoms with van der Waals surface area (Å²) in [6, 6.07) is 0.997. The Hall–Kier alpha value is -0.910. The molecule has 2 heterocycles. The maximum Gasteiger partial charge on any atom is 0.0951 e. The summed E-state index contributed by atoms with van der Waals surface area (Å²) < 4.78 is 2.16. The summed E-state index contributed by atoms with van der Waals surface area (Å²) >= 11 is 0. The molecule has 1 saturated carbocycles. The molecule has 0 spiro atoms. The van der Waals surface area contributed by atoms with E-state index in [-0.39, 0.29) is 12.6 Å². The van der Waals surface area contributed by atoms with Gasteiger partial charge in [0, 0.05) is 31.4 Å². The lowest BCUT2D eigenvalue weighted by molar-refractivity contribution is 0.259. The third-order valence-corrected chi connectivity index (χ3v) is 3.92. The zero-order valence-electron chi connectivity index (χ0n) is 10.00. The predicted octanol–water partition coefficient (Wildman–Crippen LogP) is 0.284. The first-order valence-electron chi connectivity index (χ1n) is 6.42. The molecule has 0 bridgehead atoms. The summed E-state index contributed by atoms with van der Waals surface area (Å²) in [5, 5.41) is 9.15. The molecule has 2 atom stereocenters. The molecule has 3 rings (SSSR count). The van der Waals surface area contributed by atoms with Crippen molar-refractivity contribution in [1.82, 2.24) is 14.5 Å². The fraction of sp³-hybridized carbons (Fsp3) is 0.750. The average molecular weight is 236 g/mol. The van der Waals surface area contributed by atoms with Crippen LogP contribution in [0.3, 0.4) is 0 Å². The van der Waals surface area contributed by atoms with Gasteiger partial charge >= 0.3 is 0 Å². The van der Waals surface area contributed by atoms with Crippen molar-refractivity contribution in [2.45, 2.75) is 37.4 Å². The zero-order chi connectivity index (χ0) is 11.8. The molecule has 1 aromatic rings. The van der Waals surface area contributed by atoms with Crippen LogP contribution >= 0.6 is 0 Å². The fourth-order valence-corrected chi connectivity index (χ4v) is 2.77. The molecular formula is C12H20N4O. The van der Waals surface area contributed by atoms with Crippen LogP contribution in [0.1, 0.15) is 37.0 Å². The van der Waals surface area contributed by atoms with E-state index in [2.05, 4.69) is 14.5 Å². The summed E-state index contributed by atoms with van der Waals surface area (Å²) in [5.74, 6) is 0. The summed E-state index contributed by atoms with van der Waals surface area (Å²) in [7, 11) is 0. The van der Waals surface area contributed by atoms with E-state index in [4.69, 9.17) is 10.8 Å². The van der Waals surface area contributed by atoms with Crippen LogP contribution in [0.15, 0.2) is 12.5 Å². The van der Waals surface area contributed by atoms with Crippen molar-refractivity contribution in [3.63, 3.8) is 0 Å². The number of imidazole rings is 1. The number of aliphatic hydroxyl groups is 1. The normalized spacial score (nSPS) is 27.5. The van der Waals surface area contributed by atoms with Crippen LogP contribution in [0, 0.1) is 0 Å². The highest BCUT2D eigenvalue weighted by atomic mass is 16.3. The average Bonchev–Trinajstić information content (AvgIpc) is 2.91. The molecule has 2 fully saturated rings. The van der Waals surface area contributed by atoms with Crippen LogP contribution in [0.25, 0.3) is 0 Å². The molecule has 0 aromatic carbocycles. The number of aromatic nitrogens is 2. The van der Waals surface area contributed by atoms with E-state index in [1.165, 1.54) is 19.4 Å². The van der Waals surface area contributed by atoms with E-state index in [0.717, 1.165) is 24.7 Å². The topological polar surface area (TPSA) is 67.3 Å². The van der Waals surface area contributed by atoms with Gasteiger partial charge in [-0.05, 0) is 19.3 Å². The lowest BCUT2D eigenvalue weighted by atomic mass is 10.2. The second-order valence-corrected chi connectivity index (χ2v) is 5.18. The van der Waals surface area contributed by atoms with Crippen LogP contribution in [0.2, 0.25) is 0 Å². The Kier molecular flexibility index (Phi) is 2.90. The van der Waals surface area contributed by atoms with Gasteiger partial charge in [-0.3, -0.25) is 4.90 Å². The second kappa shape index (κ2) is 4.40. The lowest BCUT2D eigenvalue weighted by Gasteiger charge is -2.19. The molecule has 1 aliphatic heterocycles. The minimum atomic E-state index is -0.313. The summed E-state index contributed by atoms with van der Waals surface area (Å²) in [6.45, 7) is 2.26. The Morgan fingerprint density at radius 3 is 2.94 bits per heavy atom. The van der Waals surface area contributed by atoms with Gasteiger partial charge < -0.3 is 15.4 Å². The molecule has 17 heavy (non-hydrogen) atoms. The minimum Gasteiger partial charge on any atom is -0.394 e. The predicted molar refractivity (Wildman–Crippen MR) is 64.5 cm³/mol. The molecule has 5 heteroatoms. The van der Waals surface area contributed by atoms with Crippen molar-refractivity contribution in [3.8, 4) is 0 Å². The minimum absolute atomic E-state index is 0.0231. The van der Waals surface area contributed by atoms with E-state index in [9.17, 15) is 0 Å². The van der Waals surface area contributed by atoms with Gasteiger partial charge in [0.25, 0.3) is 0 Å². The first kappa shape index (κ1) is 11.2. The van der Waals surface area contributed by atoms with Crippen molar-refractivity contribution < 1.29 is 5.11 Å². The van der Waals surface area contributed by atoms with Crippen LogP contribution in [0.4, 0.5) is 0 Å². The van der Waals surface area contributed by atoms with Crippen molar-refractivity contribution in [2.75, 3.05) is 19.7 Å². The zero-order valence-corrected chi connectivity index (χ0v) is 10.00. The molecule has 3 N–H and O–H groups in total. The number of aliphatic hydroxyl groups excluding tert-OH is 1. The standard InChI is InChI=1S/C12H20N4O/c13-11(7-17)12-5-14-8-16(12)10-3-4-15(6-10)9-1-2-9/h5,8-11,17H,1-4,6-7,13H2. The quantitative estimate of drug-likeness (QED) is 0.788. The largest absolute Gasteiger partial charge is 0.394 e. The molecule has 0 radical (unpaired) electrons. The number of likely N-dealkylation sites (tertiary alicyclic amines) is 1. The molecule has 1 saturated heterocycles. The SMILES string of the molecule is NC(CO)c1cncn1C1CCN(C2CC2)C1. The van der Waals surface area contributed by atoms with E-state index >= 15 is 0 Å². The van der Waals surface area contributed by atoms with Crippen molar-refractivity contribution in [2.24, 2.45) is 5.73 Å². The first-order valence-corrected chi connectivity index (χ1v) is 6.42. The van der Waals surface area contributed by atoms with Crippen molar-refractivity contribution >= 4 is 0 Å². The van der Waals surface area contributed by atoms with Gasteiger partial charge in [0.2, 0.25) is 0 Å². The molecule has 94 valence electrons. The molecular weight excluding hydrogens is 216 g/mol. The maximum absolute atomic E-state index is 9.15. The Balaban J connectivity index is 1.73. The number of rotatable bonds is 4. The number of nitrogens with zero attached hydrogens (tertiary/aromatic N) is 3. The van der Waals surface area contributed by atoms with Gasteiger partial charge in [0.1, 0.15) is 0 Å². The molecule has 0 amide bonds. The highest BCUT2D eigenvalue weighted by Gasteiger charge is 2.35. The summed E-state index contributed by atoms with van der Waals surface area (Å²) in [4.78, 5) is 6.74. The number of hydrogen-bond donors (Lipinski definition) is 2. The molecule has 2 unspecified atom stereocenters. The number of nitrogens with two attached hydrogens (primary N) is 1. The lowest BCUT2D eigenvalue weighted by Crippen LogP contribution is -2.25. The Bertz CT molecular complexity index is 388. The monoisotopic (exact) mass is 236 g/mol. The Morgan fingerprint density at radius 2 is 2.24 bits per heavy atom. The van der Waals surface area contributed by atoms with Crippen LogP contribution in [-0.2, 0) is 0 Å². The van der Waals surface area contributed by atoms with Crippen LogP contribution < -0.4 is 5.73 Å². The van der Waals surface area contributed by atoms with E-state index in [1.807, 2.05) is 6.33 Å². The van der Waals surface area contributed by atoms with Crippen molar-refractivity contribution in [1.29, 1.82) is 0 Å². The molecule has 1 aromatic heterocycles. The van der Waals surface area contributed by atoms with Crippen LogP contribution in [0.5, 0.6) is 0 Å². The molecule has 2 aliphatic rings. The first-order chi connectivity index (χ1) is 8.29. The highest BCUT2D eigenvalue weighted by Crippen LogP contribution is 2.34. The second-order valence-electron chi connectivity index (χ2n) is 5.18. The maximum atomic E-state index is 9.15. The number of hydrogen-bond acceptors (Lipinski definition) is 4. The summed E-state index contributed by atoms with van der Waals surface area (Å²) in [5.41, 5.74) is 6.84. The van der Waals surface area contributed by atoms with E-state index in [0.29, 0.717) is 6.04 Å². The van der Waals surface area contributed by atoms with Gasteiger partial charge in [0.05, 0.1) is 24.7 Å². The Morgan fingerprint density at radius 1 is 1.41 bits per heavy atom. The molecule has 1 aliphatic carbocycles. The Labute approximate surface area is 101 Å². The highest BCUT2D eigenvalue weighted by molar-refractivity contribution is 5.07. The van der Waals surface area contributed by atoms with Crippen LogP contribution in [-0.4, -0.2) is 45.3 Å². The third-order valence-electron chi connectivity index (χ3n) is 3.92. The molecule has 5 nitrogen and oxygen atoms in total. The van der Waals surface area contributed by atoms with E-state index < -0.39 is 0 Å². The van der Waals surface area contributed by atoms with Gasteiger partial charge in [-0.2, -0.15) is 0 Å². The van der Waals surface area contributed by atoms with Gasteiger partial charge in [-0.1, -0.05) is 0 Å².